The van der Waals surface area contributed by atoms with Gasteiger partial charge in [0.05, 0.1) is 18.5 Å². The number of Topliss-reactive ketones (excluding diaryl/α,β-unsaturated/α-hetero) is 1. The lowest BCUT2D eigenvalue weighted by atomic mass is 9.99. The predicted molar refractivity (Wildman–Crippen MR) is 132 cm³/mol. The second-order valence-electron chi connectivity index (χ2n) is 9.14. The van der Waals surface area contributed by atoms with Gasteiger partial charge in [0.15, 0.2) is 0 Å². The third-order valence-corrected chi connectivity index (χ3v) is 6.45. The Morgan fingerprint density at radius 3 is 2.74 bits per heavy atom. The Bertz CT molecular complexity index is 1170. The molecule has 9 nitrogen and oxygen atoms in total. The molecule has 4 rings (SSSR count). The van der Waals surface area contributed by atoms with Crippen molar-refractivity contribution in [2.24, 2.45) is 5.92 Å². The number of amides is 1. The molecule has 9 heteroatoms. The van der Waals surface area contributed by atoms with Gasteiger partial charge in [-0.3, -0.25) is 9.59 Å². The maximum atomic E-state index is 12.8. The predicted octanol–water partition coefficient (Wildman–Crippen LogP) is 3.94. The fourth-order valence-corrected chi connectivity index (χ4v) is 4.34. The molecule has 1 N–H and O–H groups in total. The van der Waals surface area contributed by atoms with Crippen molar-refractivity contribution in [3.8, 4) is 17.3 Å². The summed E-state index contributed by atoms with van der Waals surface area (Å²) < 4.78 is 11.6. The zero-order chi connectivity index (χ0) is 24.8. The number of ketones is 1. The SMILES string of the molecule is CCC(=O)CCCCCC(NC(=O)C1CN(C)C1)c1nnc(-c2cc(OC)c3ccccc3n2)o1. The lowest BCUT2D eigenvalue weighted by molar-refractivity contribution is -0.130. The number of fused-ring (bicyclic) bond motifs is 1. The smallest absolute Gasteiger partial charge is 0.266 e. The summed E-state index contributed by atoms with van der Waals surface area (Å²) in [6.07, 6.45) is 4.41. The number of benzene rings is 1. The van der Waals surface area contributed by atoms with Crippen LogP contribution in [-0.4, -0.2) is 59.0 Å². The highest BCUT2D eigenvalue weighted by molar-refractivity contribution is 5.87. The van der Waals surface area contributed by atoms with Crippen LogP contribution in [-0.2, 0) is 9.59 Å². The van der Waals surface area contributed by atoms with Crippen LogP contribution in [0.15, 0.2) is 34.7 Å². The Balaban J connectivity index is 1.50. The van der Waals surface area contributed by atoms with E-state index in [9.17, 15) is 9.59 Å². The standard InChI is InChI=1S/C26H33N5O4/c1-4-18(32)10-6-5-7-13-21(28-24(33)17-15-31(2)16-17)25-29-30-26(35-25)22-14-23(34-3)19-11-8-9-12-20(19)27-22/h8-9,11-12,14,17,21H,4-7,10,13,15-16H2,1-3H3,(H,28,33). The molecule has 3 aromatic rings. The molecular weight excluding hydrogens is 446 g/mol. The third kappa shape index (κ3) is 6.03. The van der Waals surface area contributed by atoms with Crippen molar-refractivity contribution in [3.05, 3.63) is 36.2 Å². The summed E-state index contributed by atoms with van der Waals surface area (Å²) >= 11 is 0. The molecule has 3 heterocycles. The molecule has 1 aliphatic heterocycles. The Morgan fingerprint density at radius 2 is 2.00 bits per heavy atom. The fraction of sp³-hybridized carbons (Fsp3) is 0.500. The summed E-state index contributed by atoms with van der Waals surface area (Å²) in [5, 5.41) is 12.5. The van der Waals surface area contributed by atoms with Crippen molar-refractivity contribution < 1.29 is 18.7 Å². The van der Waals surface area contributed by atoms with Gasteiger partial charge >= 0.3 is 0 Å². The largest absolute Gasteiger partial charge is 0.496 e. The number of ether oxygens (including phenoxy) is 1. The van der Waals surface area contributed by atoms with E-state index in [0.29, 0.717) is 36.6 Å². The third-order valence-electron chi connectivity index (χ3n) is 6.45. The lowest BCUT2D eigenvalue weighted by Gasteiger charge is -2.35. The molecule has 1 atom stereocenters. The topological polar surface area (TPSA) is 110 Å². The van der Waals surface area contributed by atoms with E-state index in [1.165, 1.54) is 0 Å². The summed E-state index contributed by atoms with van der Waals surface area (Å²) in [4.78, 5) is 31.1. The molecule has 1 unspecified atom stereocenters. The van der Waals surface area contributed by atoms with Crippen LogP contribution >= 0.6 is 0 Å². The van der Waals surface area contributed by atoms with Crippen molar-refractivity contribution in [3.63, 3.8) is 0 Å². The minimum Gasteiger partial charge on any atom is -0.496 e. The Kier molecular flexibility index (Phi) is 8.07. The number of nitrogens with zero attached hydrogens (tertiary/aromatic N) is 4. The molecule has 1 aliphatic rings. The molecular formula is C26H33N5O4. The van der Waals surface area contributed by atoms with Crippen LogP contribution in [0.25, 0.3) is 22.5 Å². The zero-order valence-electron chi connectivity index (χ0n) is 20.6. The molecule has 1 amide bonds. The average molecular weight is 480 g/mol. The molecule has 0 aliphatic carbocycles. The van der Waals surface area contributed by atoms with Crippen molar-refractivity contribution in [1.82, 2.24) is 25.4 Å². The van der Waals surface area contributed by atoms with E-state index in [0.717, 1.165) is 43.3 Å². The highest BCUT2D eigenvalue weighted by Gasteiger charge is 2.32. The lowest BCUT2D eigenvalue weighted by Crippen LogP contribution is -2.52. The van der Waals surface area contributed by atoms with Crippen LogP contribution in [0.1, 0.15) is 57.4 Å². The summed E-state index contributed by atoms with van der Waals surface area (Å²) in [6, 6.07) is 9.08. The average Bonchev–Trinajstić information content (AvgIpc) is 3.35. The number of pyridine rings is 1. The molecule has 0 saturated carbocycles. The number of para-hydroxylation sites is 1. The van der Waals surface area contributed by atoms with Gasteiger partial charge in [0.1, 0.15) is 23.3 Å². The number of carbonyl (C=O) groups is 2. The monoisotopic (exact) mass is 479 g/mol. The van der Waals surface area contributed by atoms with Gasteiger partial charge in [-0.2, -0.15) is 0 Å². The van der Waals surface area contributed by atoms with Gasteiger partial charge in [-0.25, -0.2) is 4.98 Å². The maximum absolute atomic E-state index is 12.8. The summed E-state index contributed by atoms with van der Waals surface area (Å²) in [7, 11) is 3.61. The molecule has 35 heavy (non-hydrogen) atoms. The van der Waals surface area contributed by atoms with Crippen LogP contribution in [0.2, 0.25) is 0 Å². The highest BCUT2D eigenvalue weighted by Crippen LogP contribution is 2.30. The zero-order valence-corrected chi connectivity index (χ0v) is 20.6. The van der Waals surface area contributed by atoms with E-state index >= 15 is 0 Å². The van der Waals surface area contributed by atoms with E-state index in [1.54, 1.807) is 13.2 Å². The number of rotatable bonds is 12. The molecule has 1 aromatic carbocycles. The molecule has 1 fully saturated rings. The summed E-state index contributed by atoms with van der Waals surface area (Å²) in [5.41, 5.74) is 1.28. The van der Waals surface area contributed by atoms with Gasteiger partial charge in [0.2, 0.25) is 11.8 Å². The number of nitrogens with one attached hydrogen (secondary N) is 1. The number of likely N-dealkylation sites (tertiary alicyclic amines) is 1. The minimum atomic E-state index is -0.390. The number of hydrogen-bond donors (Lipinski definition) is 1. The van der Waals surface area contributed by atoms with E-state index in [4.69, 9.17) is 9.15 Å². The van der Waals surface area contributed by atoms with Crippen molar-refractivity contribution in [1.29, 1.82) is 0 Å². The van der Waals surface area contributed by atoms with E-state index < -0.39 is 0 Å². The van der Waals surface area contributed by atoms with E-state index in [-0.39, 0.29) is 29.5 Å². The van der Waals surface area contributed by atoms with Crippen molar-refractivity contribution >= 4 is 22.6 Å². The molecule has 0 radical (unpaired) electrons. The van der Waals surface area contributed by atoms with Crippen LogP contribution in [0, 0.1) is 5.92 Å². The second kappa shape index (κ2) is 11.4. The molecule has 1 saturated heterocycles. The first kappa shape index (κ1) is 24.8. The Hall–Kier alpha value is -3.33. The first-order chi connectivity index (χ1) is 17.0. The summed E-state index contributed by atoms with van der Waals surface area (Å²) in [5.74, 6) is 1.56. The van der Waals surface area contributed by atoms with Gasteiger partial charge < -0.3 is 19.4 Å². The van der Waals surface area contributed by atoms with Crippen LogP contribution in [0.3, 0.4) is 0 Å². The maximum Gasteiger partial charge on any atom is 0.266 e. The molecule has 0 spiro atoms. The Morgan fingerprint density at radius 1 is 1.20 bits per heavy atom. The first-order valence-corrected chi connectivity index (χ1v) is 12.3. The normalized spacial score (nSPS) is 15.1. The highest BCUT2D eigenvalue weighted by atomic mass is 16.5. The van der Waals surface area contributed by atoms with E-state index in [2.05, 4.69) is 25.4 Å². The second-order valence-corrected chi connectivity index (χ2v) is 9.14. The van der Waals surface area contributed by atoms with Crippen molar-refractivity contribution in [2.45, 2.75) is 51.5 Å². The fourth-order valence-electron chi connectivity index (χ4n) is 4.34. The van der Waals surface area contributed by atoms with Crippen LogP contribution in [0.4, 0.5) is 0 Å². The van der Waals surface area contributed by atoms with Crippen molar-refractivity contribution in [2.75, 3.05) is 27.2 Å². The van der Waals surface area contributed by atoms with Gasteiger partial charge in [0, 0.05) is 37.4 Å². The van der Waals surface area contributed by atoms with E-state index in [1.807, 2.05) is 38.2 Å². The Labute approximate surface area is 205 Å². The molecule has 2 aromatic heterocycles. The number of unbranched alkanes of at least 4 members (excludes halogenated alkanes) is 2. The molecule has 0 bridgehead atoms. The number of aromatic nitrogens is 3. The van der Waals surface area contributed by atoms with Gasteiger partial charge in [-0.15, -0.1) is 10.2 Å². The minimum absolute atomic E-state index is 0.000454. The van der Waals surface area contributed by atoms with Crippen LogP contribution < -0.4 is 10.1 Å². The van der Waals surface area contributed by atoms with Crippen LogP contribution in [0.5, 0.6) is 5.75 Å². The first-order valence-electron chi connectivity index (χ1n) is 12.3. The quantitative estimate of drug-likeness (QED) is 0.389. The summed E-state index contributed by atoms with van der Waals surface area (Å²) in [6.45, 7) is 3.38. The van der Waals surface area contributed by atoms with Gasteiger partial charge in [-0.05, 0) is 32.0 Å². The number of methoxy groups -OCH3 is 1. The van der Waals surface area contributed by atoms with Gasteiger partial charge in [0.25, 0.3) is 5.89 Å². The van der Waals surface area contributed by atoms with Gasteiger partial charge in [-0.1, -0.05) is 31.9 Å². The number of hydrogen-bond acceptors (Lipinski definition) is 8. The number of carbonyl (C=O) groups excluding carboxylic acids is 2. The molecule has 186 valence electrons.